The van der Waals surface area contributed by atoms with Crippen molar-refractivity contribution in [3.05, 3.63) is 0 Å². The van der Waals surface area contributed by atoms with Crippen molar-refractivity contribution >= 4 is 47.3 Å². The summed E-state index contributed by atoms with van der Waals surface area (Å²) in [5, 5.41) is 16.5. The molecule has 0 saturated carbocycles. The predicted octanol–water partition coefficient (Wildman–Crippen LogP) is -2.60. The first-order chi connectivity index (χ1) is 15.3. The number of hydrogen-bond donors (Lipinski definition) is 7. The van der Waals surface area contributed by atoms with Crippen molar-refractivity contribution in [2.45, 2.75) is 63.7 Å². The third kappa shape index (κ3) is 12.1. The van der Waals surface area contributed by atoms with Gasteiger partial charge in [-0.15, -0.1) is 0 Å². The Kier molecular flexibility index (Phi) is 13.7. The van der Waals surface area contributed by atoms with Crippen LogP contribution in [0, 0.1) is 5.92 Å². The summed E-state index contributed by atoms with van der Waals surface area (Å²) in [4.78, 5) is 71.4. The van der Waals surface area contributed by atoms with Gasteiger partial charge in [0.25, 0.3) is 0 Å². The fourth-order valence-electron chi connectivity index (χ4n) is 2.69. The molecule has 0 aliphatic carbocycles. The zero-order valence-corrected chi connectivity index (χ0v) is 19.8. The second-order valence-corrected chi connectivity index (χ2v) is 8.74. The average molecular weight is 491 g/mol. The zero-order valence-electron chi connectivity index (χ0n) is 19.0. The van der Waals surface area contributed by atoms with E-state index in [4.69, 9.17) is 17.2 Å². The maximum Gasteiger partial charge on any atom is 0.326 e. The Bertz CT molecular complexity index is 733. The molecular formula is C19H34N6O7S. The van der Waals surface area contributed by atoms with Crippen LogP contribution in [0.25, 0.3) is 0 Å². The number of hydrogen-bond acceptors (Lipinski definition) is 8. The van der Waals surface area contributed by atoms with Crippen molar-refractivity contribution < 1.29 is 33.9 Å². The van der Waals surface area contributed by atoms with E-state index in [1.807, 2.05) is 0 Å². The molecule has 4 atom stereocenters. The molecule has 33 heavy (non-hydrogen) atoms. The molecule has 0 aromatic rings. The number of amides is 5. The van der Waals surface area contributed by atoms with E-state index in [2.05, 4.69) is 16.0 Å². The summed E-state index contributed by atoms with van der Waals surface area (Å²) in [6.07, 6.45) is 1.09. The van der Waals surface area contributed by atoms with Gasteiger partial charge in [-0.25, -0.2) is 4.79 Å². The predicted molar refractivity (Wildman–Crippen MR) is 121 cm³/mol. The van der Waals surface area contributed by atoms with Crippen molar-refractivity contribution in [3.63, 3.8) is 0 Å². The van der Waals surface area contributed by atoms with Crippen molar-refractivity contribution in [1.82, 2.24) is 16.0 Å². The molecule has 0 aliphatic heterocycles. The lowest BCUT2D eigenvalue weighted by Gasteiger charge is -2.26. The van der Waals surface area contributed by atoms with Crippen LogP contribution in [0.1, 0.15) is 39.5 Å². The largest absolute Gasteiger partial charge is 0.480 e. The number of carbonyl (C=O) groups excluding carboxylic acids is 5. The standard InChI is InChI=1S/C19H34N6O7S/c1-9(2)15(25-16(28)10(20)8-14(22)27)18(30)23-11(4-5-13(21)26)17(29)24-12(19(31)32)6-7-33-3/h9-12,15H,4-8,20H2,1-3H3,(H2,21,26)(H2,22,27)(H,23,30)(H,24,29)(H,25,28)(H,31,32). The van der Waals surface area contributed by atoms with Crippen LogP contribution in [0.3, 0.4) is 0 Å². The summed E-state index contributed by atoms with van der Waals surface area (Å²) in [5.74, 6) is -5.07. The number of carboxylic acids is 1. The van der Waals surface area contributed by atoms with E-state index in [1.165, 1.54) is 11.8 Å². The number of rotatable bonds is 16. The Labute approximate surface area is 196 Å². The van der Waals surface area contributed by atoms with Crippen LogP contribution in [0.15, 0.2) is 0 Å². The van der Waals surface area contributed by atoms with Crippen molar-refractivity contribution in [1.29, 1.82) is 0 Å². The molecule has 0 aliphatic rings. The molecular weight excluding hydrogens is 456 g/mol. The van der Waals surface area contributed by atoms with Gasteiger partial charge in [0, 0.05) is 6.42 Å². The summed E-state index contributed by atoms with van der Waals surface area (Å²) in [7, 11) is 0. The molecule has 0 heterocycles. The van der Waals surface area contributed by atoms with Crippen LogP contribution >= 0.6 is 11.8 Å². The number of nitrogens with one attached hydrogen (secondary N) is 3. The molecule has 10 N–H and O–H groups in total. The number of nitrogens with two attached hydrogens (primary N) is 3. The fourth-order valence-corrected chi connectivity index (χ4v) is 3.16. The molecule has 4 unspecified atom stereocenters. The summed E-state index contributed by atoms with van der Waals surface area (Å²) in [5.41, 5.74) is 15.8. The van der Waals surface area contributed by atoms with E-state index in [9.17, 15) is 33.9 Å². The average Bonchev–Trinajstić information content (AvgIpc) is 2.70. The quantitative estimate of drug-likeness (QED) is 0.120. The molecule has 0 bridgehead atoms. The van der Waals surface area contributed by atoms with Gasteiger partial charge in [-0.1, -0.05) is 13.8 Å². The van der Waals surface area contributed by atoms with Gasteiger partial charge >= 0.3 is 5.97 Å². The minimum Gasteiger partial charge on any atom is -0.480 e. The number of carboxylic acid groups (broad SMARTS) is 1. The molecule has 188 valence electrons. The van der Waals surface area contributed by atoms with E-state index in [1.54, 1.807) is 20.1 Å². The minimum atomic E-state index is -1.28. The van der Waals surface area contributed by atoms with Gasteiger partial charge in [0.2, 0.25) is 29.5 Å². The smallest absolute Gasteiger partial charge is 0.326 e. The van der Waals surface area contributed by atoms with E-state index < -0.39 is 72.0 Å². The molecule has 13 nitrogen and oxygen atoms in total. The lowest BCUT2D eigenvalue weighted by molar-refractivity contribution is -0.142. The Balaban J connectivity index is 5.47. The second-order valence-electron chi connectivity index (χ2n) is 7.75. The lowest BCUT2D eigenvalue weighted by Crippen LogP contribution is -2.58. The van der Waals surface area contributed by atoms with Crippen molar-refractivity contribution in [2.24, 2.45) is 23.1 Å². The molecule has 5 amide bonds. The number of aliphatic carboxylic acids is 1. The first kappa shape index (κ1) is 30.1. The minimum absolute atomic E-state index is 0.154. The fraction of sp³-hybridized carbons (Fsp3) is 0.684. The lowest BCUT2D eigenvalue weighted by atomic mass is 10.0. The van der Waals surface area contributed by atoms with Crippen molar-refractivity contribution in [3.8, 4) is 0 Å². The number of primary amides is 2. The Morgan fingerprint density at radius 1 is 0.848 bits per heavy atom. The van der Waals surface area contributed by atoms with Crippen LogP contribution in [0.2, 0.25) is 0 Å². The summed E-state index contributed by atoms with van der Waals surface area (Å²) in [6, 6.07) is -4.87. The maximum absolute atomic E-state index is 12.8. The van der Waals surface area contributed by atoms with Gasteiger partial charge in [-0.3, -0.25) is 24.0 Å². The number of thioether (sulfide) groups is 1. The van der Waals surface area contributed by atoms with E-state index >= 15 is 0 Å². The third-order valence-electron chi connectivity index (χ3n) is 4.54. The van der Waals surface area contributed by atoms with Crippen LogP contribution in [0.4, 0.5) is 0 Å². The van der Waals surface area contributed by atoms with Gasteiger partial charge in [-0.2, -0.15) is 11.8 Å². The molecule has 14 heteroatoms. The molecule has 0 spiro atoms. The molecule has 0 aromatic carbocycles. The molecule has 0 fully saturated rings. The topological polar surface area (TPSA) is 237 Å². The molecule has 0 aromatic heterocycles. The Hall–Kier alpha value is -2.87. The highest BCUT2D eigenvalue weighted by Crippen LogP contribution is 2.07. The van der Waals surface area contributed by atoms with Crippen LogP contribution in [-0.2, 0) is 28.8 Å². The number of carbonyl (C=O) groups is 6. The van der Waals surface area contributed by atoms with Crippen molar-refractivity contribution in [2.75, 3.05) is 12.0 Å². The molecule has 0 rings (SSSR count). The highest BCUT2D eigenvalue weighted by Gasteiger charge is 2.32. The maximum atomic E-state index is 12.8. The monoisotopic (exact) mass is 490 g/mol. The van der Waals surface area contributed by atoms with Gasteiger partial charge in [0.15, 0.2) is 0 Å². The van der Waals surface area contributed by atoms with Gasteiger partial charge in [0.1, 0.15) is 18.1 Å². The van der Waals surface area contributed by atoms with Crippen LogP contribution < -0.4 is 33.2 Å². The van der Waals surface area contributed by atoms with Gasteiger partial charge in [0.05, 0.1) is 12.5 Å². The summed E-state index contributed by atoms with van der Waals surface area (Å²) in [6.45, 7) is 3.26. The molecule has 0 saturated heterocycles. The third-order valence-corrected chi connectivity index (χ3v) is 5.19. The first-order valence-electron chi connectivity index (χ1n) is 10.2. The highest BCUT2D eigenvalue weighted by atomic mass is 32.2. The van der Waals surface area contributed by atoms with Gasteiger partial charge in [-0.05, 0) is 30.8 Å². The van der Waals surface area contributed by atoms with Crippen LogP contribution in [-0.4, -0.2) is 76.8 Å². The van der Waals surface area contributed by atoms with Crippen LogP contribution in [0.5, 0.6) is 0 Å². The SMILES string of the molecule is CSCCC(NC(=O)C(CCC(N)=O)NC(=O)C(NC(=O)C(N)CC(N)=O)C(C)C)C(=O)O. The summed E-state index contributed by atoms with van der Waals surface area (Å²) < 4.78 is 0. The Morgan fingerprint density at radius 2 is 1.42 bits per heavy atom. The van der Waals surface area contributed by atoms with Gasteiger partial charge < -0.3 is 38.3 Å². The van der Waals surface area contributed by atoms with E-state index in [0.717, 1.165) is 0 Å². The van der Waals surface area contributed by atoms with E-state index in [0.29, 0.717) is 5.75 Å². The Morgan fingerprint density at radius 3 is 1.88 bits per heavy atom. The normalized spacial score (nSPS) is 14.5. The zero-order chi connectivity index (χ0) is 25.7. The first-order valence-corrected chi connectivity index (χ1v) is 11.6. The second kappa shape index (κ2) is 15.1. The summed E-state index contributed by atoms with van der Waals surface area (Å²) >= 11 is 1.40. The highest BCUT2D eigenvalue weighted by molar-refractivity contribution is 7.98. The molecule has 0 radical (unpaired) electrons. The van der Waals surface area contributed by atoms with E-state index in [-0.39, 0.29) is 19.3 Å².